The number of nitrogens with one attached hydrogen (secondary N) is 1. The molecular weight excluding hydrogens is 564 g/mol. The van der Waals surface area contributed by atoms with Crippen molar-refractivity contribution in [1.29, 1.82) is 0 Å². The van der Waals surface area contributed by atoms with E-state index in [2.05, 4.69) is 144 Å². The van der Waals surface area contributed by atoms with Crippen LogP contribution in [0, 0.1) is 12.1 Å². The number of para-hydroxylation sites is 2. The van der Waals surface area contributed by atoms with Gasteiger partial charge in [0.05, 0.1) is 21.5 Å². The van der Waals surface area contributed by atoms with E-state index in [1.54, 1.807) is 11.3 Å². The Hall–Kier alpha value is -5.01. The quantitative estimate of drug-likeness (QED) is 0.215. The van der Waals surface area contributed by atoms with E-state index in [9.17, 15) is 0 Å². The summed E-state index contributed by atoms with van der Waals surface area (Å²) in [5.74, 6) is 0. The van der Waals surface area contributed by atoms with E-state index in [-0.39, 0.29) is 6.04 Å². The molecule has 2 heterocycles. The van der Waals surface area contributed by atoms with E-state index in [1.807, 2.05) is 18.3 Å². The van der Waals surface area contributed by atoms with Crippen LogP contribution in [0.1, 0.15) is 11.6 Å². The van der Waals surface area contributed by atoms with Gasteiger partial charge in [0.25, 0.3) is 0 Å². The molecule has 0 bridgehead atoms. The highest BCUT2D eigenvalue weighted by atomic mass is 35.5. The number of halogens is 1. The molecule has 204 valence electrons. The minimum Gasteiger partial charge on any atom is -0.379 e. The van der Waals surface area contributed by atoms with Crippen LogP contribution in [0.4, 0.5) is 17.1 Å². The highest BCUT2D eigenvalue weighted by molar-refractivity contribution is 7.25. The highest BCUT2D eigenvalue weighted by Gasteiger charge is 2.19. The van der Waals surface area contributed by atoms with Gasteiger partial charge in [-0.25, -0.2) is 0 Å². The number of rotatable bonds is 5. The zero-order chi connectivity index (χ0) is 28.8. The van der Waals surface area contributed by atoms with Gasteiger partial charge in [-0.15, -0.1) is 11.3 Å². The van der Waals surface area contributed by atoms with Crippen LogP contribution in [-0.2, 0) is 0 Å². The first-order valence-corrected chi connectivity index (χ1v) is 15.4. The van der Waals surface area contributed by atoms with Gasteiger partial charge in [-0.3, -0.25) is 0 Å². The Morgan fingerprint density at radius 1 is 0.744 bits per heavy atom. The minimum absolute atomic E-state index is 0.0435. The fourth-order valence-electron chi connectivity index (χ4n) is 6.10. The van der Waals surface area contributed by atoms with Gasteiger partial charge in [0.15, 0.2) is 0 Å². The zero-order valence-electron chi connectivity index (χ0n) is 23.1. The Morgan fingerprint density at radius 3 is 2.19 bits per heavy atom. The molecule has 0 saturated carbocycles. The predicted octanol–water partition coefficient (Wildman–Crippen LogP) is 11.2. The molecule has 1 aromatic heterocycles. The lowest BCUT2D eigenvalue weighted by Crippen LogP contribution is -2.15. The largest absolute Gasteiger partial charge is 0.379 e. The summed E-state index contributed by atoms with van der Waals surface area (Å²) >= 11 is 7.93. The third-order valence-corrected chi connectivity index (χ3v) is 9.36. The highest BCUT2D eigenvalue weighted by Crippen LogP contribution is 2.44. The maximum Gasteiger partial charge on any atom is 0.0860 e. The smallest absolute Gasteiger partial charge is 0.0860 e. The van der Waals surface area contributed by atoms with Crippen LogP contribution >= 0.6 is 22.9 Å². The molecule has 0 spiro atoms. The molecule has 1 aliphatic heterocycles. The minimum atomic E-state index is 0.0435. The number of nitrogens with zero attached hydrogens (tertiary/aromatic N) is 1. The van der Waals surface area contributed by atoms with Crippen LogP contribution in [0.15, 0.2) is 145 Å². The Kier molecular flexibility index (Phi) is 6.38. The van der Waals surface area contributed by atoms with Crippen molar-refractivity contribution in [2.75, 3.05) is 4.90 Å². The molecule has 1 aliphatic rings. The molecule has 0 aliphatic carbocycles. The molecule has 8 rings (SSSR count). The van der Waals surface area contributed by atoms with Gasteiger partial charge in [-0.2, -0.15) is 0 Å². The lowest BCUT2D eigenvalue weighted by Gasteiger charge is -2.27. The van der Waals surface area contributed by atoms with Crippen LogP contribution in [0.3, 0.4) is 0 Å². The van der Waals surface area contributed by atoms with Crippen molar-refractivity contribution in [1.82, 2.24) is 5.32 Å². The lowest BCUT2D eigenvalue weighted by atomic mass is 9.95. The van der Waals surface area contributed by atoms with Crippen molar-refractivity contribution in [3.8, 4) is 11.1 Å². The standard InChI is InChI=1S/C39H25ClN2S/c40-27-19-22-35(41-25-27)33-16-9-17-37-39(33)34-20-18-26(24-38(34)43-37)30-21-23-36(32-15-8-7-14-31(30)32)42(28-10-3-1-4-11-28)29-12-5-2-6-13-29/h1-8,10-16,18-25,35,41H/t35-/m1/s1. The summed E-state index contributed by atoms with van der Waals surface area (Å²) in [6.45, 7) is 0. The second-order valence-corrected chi connectivity index (χ2v) is 12.1. The van der Waals surface area contributed by atoms with Crippen molar-refractivity contribution in [3.63, 3.8) is 0 Å². The summed E-state index contributed by atoms with van der Waals surface area (Å²) in [5, 5.41) is 9.00. The summed E-state index contributed by atoms with van der Waals surface area (Å²) in [6, 6.07) is 49.9. The summed E-state index contributed by atoms with van der Waals surface area (Å²) in [5.41, 5.74) is 7.00. The molecule has 0 saturated heterocycles. The zero-order valence-corrected chi connectivity index (χ0v) is 24.7. The Bertz CT molecular complexity index is 2140. The molecule has 0 amide bonds. The molecule has 0 radical (unpaired) electrons. The fraction of sp³-hybridized carbons (Fsp3) is 0.0256. The molecule has 0 fully saturated rings. The van der Waals surface area contributed by atoms with Crippen molar-refractivity contribution in [2.24, 2.45) is 0 Å². The van der Waals surface area contributed by atoms with Gasteiger partial charge < -0.3 is 10.2 Å². The van der Waals surface area contributed by atoms with E-state index in [1.165, 1.54) is 42.9 Å². The van der Waals surface area contributed by atoms with Crippen molar-refractivity contribution < 1.29 is 0 Å². The first-order chi connectivity index (χ1) is 21.2. The maximum atomic E-state index is 6.17. The van der Waals surface area contributed by atoms with E-state index in [4.69, 9.17) is 11.6 Å². The molecule has 1 atom stereocenters. The number of dihydropyridines is 1. The molecule has 2 nitrogen and oxygen atoms in total. The van der Waals surface area contributed by atoms with E-state index < -0.39 is 0 Å². The number of fused-ring (bicyclic) bond motifs is 4. The van der Waals surface area contributed by atoms with Gasteiger partial charge in [-0.05, 0) is 70.6 Å². The topological polar surface area (TPSA) is 15.3 Å². The second kappa shape index (κ2) is 10.7. The van der Waals surface area contributed by atoms with E-state index >= 15 is 0 Å². The Balaban J connectivity index is 1.27. The normalized spacial score (nSPS) is 14.4. The van der Waals surface area contributed by atoms with Gasteiger partial charge in [-0.1, -0.05) is 109 Å². The first kappa shape index (κ1) is 25.7. The first-order valence-electron chi connectivity index (χ1n) is 14.3. The summed E-state index contributed by atoms with van der Waals surface area (Å²) in [6.07, 6.45) is 5.90. The third kappa shape index (κ3) is 4.53. The number of allylic oxidation sites excluding steroid dienone is 2. The number of thiophene rings is 1. The van der Waals surface area contributed by atoms with E-state index in [0.717, 1.165) is 21.8 Å². The maximum absolute atomic E-state index is 6.17. The average molecular weight is 589 g/mol. The molecule has 0 unspecified atom stereocenters. The van der Waals surface area contributed by atoms with Gasteiger partial charge in [0.2, 0.25) is 0 Å². The van der Waals surface area contributed by atoms with Crippen LogP contribution < -0.4 is 10.2 Å². The predicted molar refractivity (Wildman–Crippen MR) is 184 cm³/mol. The molecular formula is C39H25ClN2S. The molecule has 6 aromatic carbocycles. The fourth-order valence-corrected chi connectivity index (χ4v) is 7.36. The molecule has 7 aromatic rings. The van der Waals surface area contributed by atoms with Crippen LogP contribution in [-0.4, -0.2) is 0 Å². The van der Waals surface area contributed by atoms with E-state index in [0.29, 0.717) is 5.03 Å². The van der Waals surface area contributed by atoms with Gasteiger partial charge in [0, 0.05) is 38.4 Å². The lowest BCUT2D eigenvalue weighted by molar-refractivity contribution is 0.751. The average Bonchev–Trinajstić information content (AvgIpc) is 3.44. The number of anilines is 3. The molecule has 1 N–H and O–H groups in total. The summed E-state index contributed by atoms with van der Waals surface area (Å²) in [7, 11) is 0. The van der Waals surface area contributed by atoms with Crippen LogP contribution in [0.2, 0.25) is 0 Å². The van der Waals surface area contributed by atoms with Crippen LogP contribution in [0.25, 0.3) is 42.1 Å². The molecule has 4 heteroatoms. The second-order valence-electron chi connectivity index (χ2n) is 10.6. The van der Waals surface area contributed by atoms with Crippen LogP contribution in [0.5, 0.6) is 0 Å². The number of hydrogen-bond acceptors (Lipinski definition) is 3. The SMILES string of the molecule is ClC1=CN[C@@H](c2cc#cc3sc4cc(-c5ccc(N(c6ccccc6)c6ccccc6)c6ccccc56)ccc4c23)C=C1. The van der Waals surface area contributed by atoms with Gasteiger partial charge >= 0.3 is 0 Å². The summed E-state index contributed by atoms with van der Waals surface area (Å²) in [4.78, 5) is 2.34. The van der Waals surface area contributed by atoms with Crippen molar-refractivity contribution in [2.45, 2.75) is 6.04 Å². The van der Waals surface area contributed by atoms with Crippen molar-refractivity contribution in [3.05, 3.63) is 162 Å². The monoisotopic (exact) mass is 588 g/mol. The number of hydrogen-bond donors (Lipinski definition) is 1. The Morgan fingerprint density at radius 2 is 1.47 bits per heavy atom. The third-order valence-electron chi connectivity index (χ3n) is 8.06. The summed E-state index contributed by atoms with van der Waals surface area (Å²) < 4.78 is 2.35. The Labute approximate surface area is 259 Å². The van der Waals surface area contributed by atoms with Crippen molar-refractivity contribution >= 4 is 70.9 Å². The molecule has 43 heavy (non-hydrogen) atoms. The number of benzene rings is 5. The van der Waals surface area contributed by atoms with Gasteiger partial charge in [0.1, 0.15) is 0 Å².